The molecule has 1 saturated carbocycles. The van der Waals surface area contributed by atoms with Crippen molar-refractivity contribution in [2.45, 2.75) is 44.2 Å². The maximum Gasteiger partial charge on any atom is 0.194 e. The van der Waals surface area contributed by atoms with Gasteiger partial charge in [-0.2, -0.15) is 0 Å². The van der Waals surface area contributed by atoms with Gasteiger partial charge in [-0.25, -0.2) is 13.2 Å². The van der Waals surface area contributed by atoms with Crippen molar-refractivity contribution >= 4 is 9.52 Å². The van der Waals surface area contributed by atoms with E-state index in [0.717, 1.165) is 18.1 Å². The highest BCUT2D eigenvalue weighted by Crippen LogP contribution is 2.37. The molecular formula is C20H23F3Si. The van der Waals surface area contributed by atoms with Crippen molar-refractivity contribution in [1.29, 1.82) is 0 Å². The van der Waals surface area contributed by atoms with Crippen molar-refractivity contribution in [2.75, 3.05) is 0 Å². The molecule has 0 spiro atoms. The van der Waals surface area contributed by atoms with Crippen molar-refractivity contribution in [3.63, 3.8) is 0 Å². The molecule has 24 heavy (non-hydrogen) atoms. The Labute approximate surface area is 143 Å². The maximum atomic E-state index is 13.4. The lowest BCUT2D eigenvalue weighted by Gasteiger charge is -2.28. The second kappa shape index (κ2) is 7.56. The Morgan fingerprint density at radius 3 is 2.00 bits per heavy atom. The van der Waals surface area contributed by atoms with E-state index in [-0.39, 0.29) is 9.52 Å². The fourth-order valence-corrected chi connectivity index (χ4v) is 5.26. The van der Waals surface area contributed by atoms with E-state index in [0.29, 0.717) is 17.0 Å². The summed E-state index contributed by atoms with van der Waals surface area (Å²) in [6.07, 6.45) is 5.11. The van der Waals surface area contributed by atoms with Gasteiger partial charge in [0.25, 0.3) is 0 Å². The fraction of sp³-hybridized carbons (Fsp3) is 0.400. The Kier molecular flexibility index (Phi) is 5.44. The van der Waals surface area contributed by atoms with Crippen LogP contribution >= 0.6 is 0 Å². The zero-order chi connectivity index (χ0) is 17.1. The molecule has 0 nitrogen and oxygen atoms in total. The number of hydrogen-bond acceptors (Lipinski definition) is 0. The van der Waals surface area contributed by atoms with Crippen LogP contribution in [0.4, 0.5) is 13.2 Å². The molecule has 128 valence electrons. The molecule has 2 aromatic rings. The SMILES string of the molecule is C[SiH2]C[C@H]1CC[C@H](c2ccc(-c3cc(F)c(F)c(F)c3)cc2)CC1. The molecule has 0 radical (unpaired) electrons. The highest BCUT2D eigenvalue weighted by molar-refractivity contribution is 6.33. The van der Waals surface area contributed by atoms with Crippen LogP contribution < -0.4 is 0 Å². The number of benzene rings is 2. The van der Waals surface area contributed by atoms with E-state index in [1.807, 2.05) is 24.3 Å². The molecular weight excluding hydrogens is 325 g/mol. The third-order valence-electron chi connectivity index (χ3n) is 5.24. The number of halogens is 3. The smallest absolute Gasteiger partial charge is 0.194 e. The second-order valence-electron chi connectivity index (χ2n) is 6.88. The first kappa shape index (κ1) is 17.3. The molecule has 2 aromatic carbocycles. The van der Waals surface area contributed by atoms with Crippen LogP contribution in [0.15, 0.2) is 36.4 Å². The van der Waals surface area contributed by atoms with Crippen molar-refractivity contribution in [1.82, 2.24) is 0 Å². The fourth-order valence-electron chi connectivity index (χ4n) is 3.86. The Bertz CT molecular complexity index is 666. The molecule has 0 unspecified atom stereocenters. The number of rotatable bonds is 4. The minimum atomic E-state index is -1.41. The topological polar surface area (TPSA) is 0 Å². The van der Waals surface area contributed by atoms with Gasteiger partial charge in [-0.1, -0.05) is 49.7 Å². The standard InChI is InChI=1S/C20H23F3Si/c1-24-12-13-2-4-14(5-3-13)15-6-8-16(9-7-15)17-10-18(21)20(23)19(22)11-17/h6-11,13-14H,2-5,12,24H2,1H3/t13-,14-. The monoisotopic (exact) mass is 348 g/mol. The summed E-state index contributed by atoms with van der Waals surface area (Å²) in [5.74, 6) is -2.18. The molecule has 0 N–H and O–H groups in total. The van der Waals surface area contributed by atoms with Crippen LogP contribution in [0, 0.1) is 23.4 Å². The van der Waals surface area contributed by atoms with Gasteiger partial charge in [0, 0.05) is 9.52 Å². The van der Waals surface area contributed by atoms with E-state index in [1.165, 1.54) is 37.3 Å². The van der Waals surface area contributed by atoms with Gasteiger partial charge in [0.05, 0.1) is 0 Å². The minimum absolute atomic E-state index is 0.157. The summed E-state index contributed by atoms with van der Waals surface area (Å²) in [4.78, 5) is 0. The molecule has 3 rings (SSSR count). The quantitative estimate of drug-likeness (QED) is 0.492. The van der Waals surface area contributed by atoms with Gasteiger partial charge < -0.3 is 0 Å². The zero-order valence-electron chi connectivity index (χ0n) is 14.0. The summed E-state index contributed by atoms with van der Waals surface area (Å²) >= 11 is 0. The molecule has 0 saturated heterocycles. The first-order chi connectivity index (χ1) is 11.6. The predicted molar refractivity (Wildman–Crippen MR) is 95.7 cm³/mol. The molecule has 1 aliphatic rings. The largest absolute Gasteiger partial charge is 0.204 e. The Morgan fingerprint density at radius 1 is 0.875 bits per heavy atom. The summed E-state index contributed by atoms with van der Waals surface area (Å²) in [7, 11) is 0.157. The first-order valence-corrected chi connectivity index (χ1v) is 11.2. The maximum absolute atomic E-state index is 13.4. The van der Waals surface area contributed by atoms with Crippen LogP contribution in [0.25, 0.3) is 11.1 Å². The lowest BCUT2D eigenvalue weighted by molar-refractivity contribution is 0.347. The van der Waals surface area contributed by atoms with Crippen LogP contribution in [0.1, 0.15) is 37.2 Å². The molecule has 4 heteroatoms. The van der Waals surface area contributed by atoms with E-state index in [9.17, 15) is 13.2 Å². The van der Waals surface area contributed by atoms with Crippen LogP contribution in [0.3, 0.4) is 0 Å². The van der Waals surface area contributed by atoms with Gasteiger partial charge in [-0.05, 0) is 53.5 Å². The van der Waals surface area contributed by atoms with Crippen molar-refractivity contribution in [2.24, 2.45) is 5.92 Å². The summed E-state index contributed by atoms with van der Waals surface area (Å²) in [5.41, 5.74) is 2.38. The Hall–Kier alpha value is -1.55. The lowest BCUT2D eigenvalue weighted by Crippen LogP contribution is -2.14. The van der Waals surface area contributed by atoms with Crippen LogP contribution in [-0.2, 0) is 0 Å². The highest BCUT2D eigenvalue weighted by atomic mass is 28.2. The summed E-state index contributed by atoms with van der Waals surface area (Å²) in [5, 5.41) is 0. The van der Waals surface area contributed by atoms with Gasteiger partial charge in [-0.15, -0.1) is 0 Å². The molecule has 0 heterocycles. The normalized spacial score (nSPS) is 21.5. The molecule has 0 bridgehead atoms. The van der Waals surface area contributed by atoms with E-state index in [2.05, 4.69) is 6.55 Å². The first-order valence-electron chi connectivity index (χ1n) is 8.83. The van der Waals surface area contributed by atoms with Crippen LogP contribution in [-0.4, -0.2) is 9.52 Å². The molecule has 0 atom stereocenters. The Morgan fingerprint density at radius 2 is 1.46 bits per heavy atom. The Balaban J connectivity index is 1.72. The molecule has 1 fully saturated rings. The van der Waals surface area contributed by atoms with Crippen molar-refractivity contribution in [3.8, 4) is 11.1 Å². The van der Waals surface area contributed by atoms with Crippen molar-refractivity contribution < 1.29 is 13.2 Å². The van der Waals surface area contributed by atoms with E-state index in [4.69, 9.17) is 0 Å². The van der Waals surface area contributed by atoms with Gasteiger partial charge in [0.1, 0.15) is 0 Å². The third-order valence-corrected chi connectivity index (χ3v) is 6.64. The minimum Gasteiger partial charge on any atom is -0.204 e. The van der Waals surface area contributed by atoms with Gasteiger partial charge in [-0.3, -0.25) is 0 Å². The van der Waals surface area contributed by atoms with Gasteiger partial charge in [0.15, 0.2) is 17.5 Å². The molecule has 0 aromatic heterocycles. The predicted octanol–water partition coefficient (Wildman–Crippen LogP) is 5.68. The van der Waals surface area contributed by atoms with E-state index < -0.39 is 17.5 Å². The van der Waals surface area contributed by atoms with E-state index >= 15 is 0 Å². The average molecular weight is 348 g/mol. The summed E-state index contributed by atoms with van der Waals surface area (Å²) in [6, 6.07) is 11.4. The summed E-state index contributed by atoms with van der Waals surface area (Å²) < 4.78 is 39.8. The zero-order valence-corrected chi connectivity index (χ0v) is 15.4. The second-order valence-corrected chi connectivity index (χ2v) is 8.46. The molecule has 0 amide bonds. The van der Waals surface area contributed by atoms with E-state index in [1.54, 1.807) is 0 Å². The highest BCUT2D eigenvalue weighted by Gasteiger charge is 2.21. The van der Waals surface area contributed by atoms with Crippen LogP contribution in [0.2, 0.25) is 12.6 Å². The van der Waals surface area contributed by atoms with Crippen molar-refractivity contribution in [3.05, 3.63) is 59.4 Å². The lowest BCUT2D eigenvalue weighted by atomic mass is 9.79. The molecule has 1 aliphatic carbocycles. The average Bonchev–Trinajstić information content (AvgIpc) is 2.60. The van der Waals surface area contributed by atoms with Gasteiger partial charge >= 0.3 is 0 Å². The van der Waals surface area contributed by atoms with Gasteiger partial charge in [0.2, 0.25) is 0 Å². The number of hydrogen-bond donors (Lipinski definition) is 0. The van der Waals surface area contributed by atoms with Crippen LogP contribution in [0.5, 0.6) is 0 Å². The third kappa shape index (κ3) is 3.74. The molecule has 0 aliphatic heterocycles. The summed E-state index contributed by atoms with van der Waals surface area (Å²) in [6.45, 7) is 2.38.